The predicted octanol–water partition coefficient (Wildman–Crippen LogP) is 3.43. The fraction of sp³-hybridized carbons (Fsp3) is 0.222. The Bertz CT molecular complexity index is 676. The topological polar surface area (TPSA) is 106 Å². The molecule has 6 nitrogen and oxygen atoms in total. The zero-order valence-electron chi connectivity index (χ0n) is 13.9. The van der Waals surface area contributed by atoms with E-state index in [2.05, 4.69) is 9.98 Å². The third kappa shape index (κ3) is 7.71. The van der Waals surface area contributed by atoms with Crippen molar-refractivity contribution in [1.29, 1.82) is 0 Å². The van der Waals surface area contributed by atoms with Gasteiger partial charge < -0.3 is 20.4 Å². The van der Waals surface area contributed by atoms with Gasteiger partial charge in [-0.25, -0.2) is 0 Å². The molecule has 0 aliphatic carbocycles. The first-order chi connectivity index (χ1) is 12.5. The van der Waals surface area contributed by atoms with Crippen LogP contribution in [0.15, 0.2) is 46.4 Å². The van der Waals surface area contributed by atoms with Crippen LogP contribution >= 0.6 is 21.6 Å². The van der Waals surface area contributed by atoms with Crippen molar-refractivity contribution >= 4 is 34.0 Å². The average molecular weight is 393 g/mol. The molecular formula is C18H20N2O4S2. The minimum atomic E-state index is 0.0119. The molecule has 0 atom stereocenters. The lowest BCUT2D eigenvalue weighted by Crippen LogP contribution is -1.89. The van der Waals surface area contributed by atoms with E-state index in [1.54, 1.807) is 34.0 Å². The molecule has 0 saturated carbocycles. The lowest BCUT2D eigenvalue weighted by molar-refractivity contribution is 0.449. The van der Waals surface area contributed by atoms with Crippen LogP contribution in [-0.2, 0) is 0 Å². The van der Waals surface area contributed by atoms with Crippen molar-refractivity contribution in [2.45, 2.75) is 0 Å². The molecule has 138 valence electrons. The van der Waals surface area contributed by atoms with Crippen LogP contribution in [0.5, 0.6) is 23.0 Å². The van der Waals surface area contributed by atoms with Crippen molar-refractivity contribution in [3.05, 3.63) is 47.5 Å². The zero-order valence-corrected chi connectivity index (χ0v) is 15.6. The summed E-state index contributed by atoms with van der Waals surface area (Å²) in [6.45, 7) is 1.28. The van der Waals surface area contributed by atoms with Gasteiger partial charge >= 0.3 is 0 Å². The fourth-order valence-corrected chi connectivity index (χ4v) is 3.77. The maximum absolute atomic E-state index is 9.37. The van der Waals surface area contributed by atoms with Crippen LogP contribution in [0.2, 0.25) is 0 Å². The van der Waals surface area contributed by atoms with Gasteiger partial charge in [0.05, 0.1) is 0 Å². The van der Waals surface area contributed by atoms with Crippen molar-refractivity contribution < 1.29 is 20.4 Å². The first-order valence-corrected chi connectivity index (χ1v) is 10.3. The SMILES string of the molecule is Oc1cc(O)cc(C=NCCSSCCN=Cc2cc(O)cc(O)c2)c1. The molecule has 2 aromatic carbocycles. The summed E-state index contributed by atoms with van der Waals surface area (Å²) in [5.74, 6) is 1.73. The number of aromatic hydroxyl groups is 4. The third-order valence-corrected chi connectivity index (χ3v) is 5.39. The first-order valence-electron chi connectivity index (χ1n) is 7.83. The average Bonchev–Trinajstić information content (AvgIpc) is 2.55. The maximum Gasteiger partial charge on any atom is 0.119 e. The van der Waals surface area contributed by atoms with E-state index >= 15 is 0 Å². The monoisotopic (exact) mass is 392 g/mol. The van der Waals surface area contributed by atoms with E-state index in [-0.39, 0.29) is 23.0 Å². The van der Waals surface area contributed by atoms with Gasteiger partial charge in [0, 0.05) is 49.2 Å². The van der Waals surface area contributed by atoms with Crippen LogP contribution in [0.1, 0.15) is 11.1 Å². The Hall–Kier alpha value is -2.32. The van der Waals surface area contributed by atoms with Gasteiger partial charge in [0.1, 0.15) is 23.0 Å². The van der Waals surface area contributed by atoms with Crippen molar-refractivity contribution in [3.63, 3.8) is 0 Å². The van der Waals surface area contributed by atoms with Gasteiger partial charge in [-0.1, -0.05) is 21.6 Å². The molecule has 8 heteroatoms. The van der Waals surface area contributed by atoms with Gasteiger partial charge in [-0.3, -0.25) is 9.98 Å². The number of aliphatic imine (C=N–C) groups is 2. The van der Waals surface area contributed by atoms with Crippen molar-refractivity contribution in [2.24, 2.45) is 9.98 Å². The van der Waals surface area contributed by atoms with Gasteiger partial charge in [0.15, 0.2) is 0 Å². The van der Waals surface area contributed by atoms with E-state index in [1.165, 1.54) is 36.4 Å². The van der Waals surface area contributed by atoms with Gasteiger partial charge in [-0.05, 0) is 35.4 Å². The highest BCUT2D eigenvalue weighted by molar-refractivity contribution is 8.76. The van der Waals surface area contributed by atoms with Gasteiger partial charge in [0.2, 0.25) is 0 Å². The number of nitrogens with zero attached hydrogens (tertiary/aromatic N) is 2. The molecule has 0 aliphatic heterocycles. The van der Waals surface area contributed by atoms with Crippen LogP contribution in [0, 0.1) is 0 Å². The van der Waals surface area contributed by atoms with E-state index in [0.717, 1.165) is 11.5 Å². The van der Waals surface area contributed by atoms with Gasteiger partial charge in [0.25, 0.3) is 0 Å². The van der Waals surface area contributed by atoms with Gasteiger partial charge in [-0.15, -0.1) is 0 Å². The molecule has 2 aromatic rings. The molecule has 0 unspecified atom stereocenters. The summed E-state index contributed by atoms with van der Waals surface area (Å²) in [5.41, 5.74) is 1.32. The number of rotatable bonds is 9. The minimum Gasteiger partial charge on any atom is -0.508 e. The molecule has 0 spiro atoms. The van der Waals surface area contributed by atoms with Crippen LogP contribution in [0.3, 0.4) is 0 Å². The van der Waals surface area contributed by atoms with E-state index < -0.39 is 0 Å². The molecule has 0 saturated heterocycles. The highest BCUT2D eigenvalue weighted by Crippen LogP contribution is 2.22. The van der Waals surface area contributed by atoms with Crippen LogP contribution < -0.4 is 0 Å². The molecular weight excluding hydrogens is 372 g/mol. The summed E-state index contributed by atoms with van der Waals surface area (Å²) in [7, 11) is 3.39. The number of benzene rings is 2. The second-order valence-electron chi connectivity index (χ2n) is 5.28. The van der Waals surface area contributed by atoms with E-state index in [4.69, 9.17) is 0 Å². The smallest absolute Gasteiger partial charge is 0.119 e. The maximum atomic E-state index is 9.37. The Morgan fingerprint density at radius 3 is 1.31 bits per heavy atom. The molecule has 4 N–H and O–H groups in total. The number of phenolic OH excluding ortho intramolecular Hbond substituents is 4. The fourth-order valence-electron chi connectivity index (χ4n) is 2.02. The quantitative estimate of drug-likeness (QED) is 0.296. The van der Waals surface area contributed by atoms with E-state index in [1.807, 2.05) is 0 Å². The number of hydrogen-bond donors (Lipinski definition) is 4. The molecule has 0 aromatic heterocycles. The summed E-state index contributed by atoms with van der Waals surface area (Å²) in [6, 6.07) is 8.69. The standard InChI is InChI=1S/C18H20N2O4S2/c21-15-5-13(6-16(22)9-15)11-19-1-3-25-26-4-2-20-12-14-7-17(23)10-18(24)8-14/h5-12,21-24H,1-4H2. The molecule has 0 amide bonds. The second-order valence-corrected chi connectivity index (χ2v) is 7.98. The molecule has 2 rings (SSSR count). The predicted molar refractivity (Wildman–Crippen MR) is 109 cm³/mol. The van der Waals surface area contributed by atoms with Crippen LogP contribution in [0.25, 0.3) is 0 Å². The van der Waals surface area contributed by atoms with Crippen molar-refractivity contribution in [2.75, 3.05) is 24.6 Å². The molecule has 0 heterocycles. The summed E-state index contributed by atoms with van der Waals surface area (Å²) >= 11 is 0. The summed E-state index contributed by atoms with van der Waals surface area (Å²) in [6.07, 6.45) is 3.25. The molecule has 0 fully saturated rings. The molecule has 26 heavy (non-hydrogen) atoms. The van der Waals surface area contributed by atoms with E-state index in [0.29, 0.717) is 24.2 Å². The Balaban J connectivity index is 1.58. The first kappa shape index (κ1) is 20.0. The van der Waals surface area contributed by atoms with Crippen molar-refractivity contribution in [3.8, 4) is 23.0 Å². The number of phenols is 4. The molecule has 0 radical (unpaired) electrons. The van der Waals surface area contributed by atoms with Crippen LogP contribution in [-0.4, -0.2) is 57.5 Å². The van der Waals surface area contributed by atoms with E-state index in [9.17, 15) is 20.4 Å². The van der Waals surface area contributed by atoms with Crippen LogP contribution in [0.4, 0.5) is 0 Å². The Kier molecular flexibility index (Phi) is 8.17. The Labute approximate surface area is 159 Å². The Morgan fingerprint density at radius 2 is 0.962 bits per heavy atom. The summed E-state index contributed by atoms with van der Waals surface area (Å²) in [5, 5.41) is 37.5. The molecule has 0 bridgehead atoms. The molecule has 0 aliphatic rings. The normalized spacial score (nSPS) is 11.5. The highest BCUT2D eigenvalue weighted by atomic mass is 33.1. The second kappa shape index (κ2) is 10.6. The lowest BCUT2D eigenvalue weighted by Gasteiger charge is -1.99. The van der Waals surface area contributed by atoms with Gasteiger partial charge in [-0.2, -0.15) is 0 Å². The largest absolute Gasteiger partial charge is 0.508 e. The third-order valence-electron chi connectivity index (χ3n) is 3.02. The Morgan fingerprint density at radius 1 is 0.615 bits per heavy atom. The minimum absolute atomic E-state index is 0.0119. The lowest BCUT2D eigenvalue weighted by atomic mass is 10.2. The zero-order chi connectivity index (χ0) is 18.8. The number of hydrogen-bond acceptors (Lipinski definition) is 8. The summed E-state index contributed by atoms with van der Waals surface area (Å²) < 4.78 is 0. The highest BCUT2D eigenvalue weighted by Gasteiger charge is 1.97. The van der Waals surface area contributed by atoms with Crippen molar-refractivity contribution in [1.82, 2.24) is 0 Å². The summed E-state index contributed by atoms with van der Waals surface area (Å²) in [4.78, 5) is 8.51.